The van der Waals surface area contributed by atoms with Crippen molar-refractivity contribution in [2.45, 2.75) is 39.0 Å². The summed E-state index contributed by atoms with van der Waals surface area (Å²) in [5.74, 6) is -3.65. The Kier molecular flexibility index (Phi) is 5.24. The average molecular weight is 428 g/mol. The van der Waals surface area contributed by atoms with E-state index in [1.165, 1.54) is 21.9 Å². The number of amides is 2. The van der Waals surface area contributed by atoms with Crippen LogP contribution in [-0.4, -0.2) is 34.9 Å². The molecule has 2 aliphatic heterocycles. The van der Waals surface area contributed by atoms with Crippen molar-refractivity contribution in [1.82, 2.24) is 4.90 Å². The topological polar surface area (TPSA) is 66.9 Å². The van der Waals surface area contributed by atoms with Gasteiger partial charge in [-0.2, -0.15) is 0 Å². The maximum absolute atomic E-state index is 14.0. The fraction of sp³-hybridized carbons (Fsp3) is 0.348. The first-order chi connectivity index (χ1) is 14.8. The third-order valence-corrected chi connectivity index (χ3v) is 5.64. The molecule has 2 aromatic rings. The number of esters is 1. The molecule has 0 bridgehead atoms. The van der Waals surface area contributed by atoms with Crippen LogP contribution in [0.25, 0.3) is 0 Å². The number of para-hydroxylation sites is 1. The zero-order valence-electron chi connectivity index (χ0n) is 17.2. The van der Waals surface area contributed by atoms with Crippen LogP contribution in [0.1, 0.15) is 42.6 Å². The number of rotatable bonds is 5. The summed E-state index contributed by atoms with van der Waals surface area (Å²) in [6.45, 7) is 3.50. The largest absolute Gasteiger partial charge is 0.458 e. The van der Waals surface area contributed by atoms with Crippen molar-refractivity contribution in [3.8, 4) is 0 Å². The third-order valence-electron chi connectivity index (χ3n) is 5.64. The van der Waals surface area contributed by atoms with E-state index in [0.717, 1.165) is 6.07 Å². The first-order valence-electron chi connectivity index (χ1n) is 10.1. The molecule has 0 radical (unpaired) electrons. The normalized spacial score (nSPS) is 20.2. The lowest BCUT2D eigenvalue weighted by Crippen LogP contribution is -2.69. The molecule has 2 heterocycles. The monoisotopic (exact) mass is 428 g/mol. The van der Waals surface area contributed by atoms with Crippen LogP contribution >= 0.6 is 0 Å². The molecule has 6 nitrogen and oxygen atoms in total. The van der Waals surface area contributed by atoms with Crippen LogP contribution in [0.2, 0.25) is 0 Å². The van der Waals surface area contributed by atoms with Gasteiger partial charge in [-0.05, 0) is 24.1 Å². The molecule has 8 heteroatoms. The number of anilines is 1. The molecule has 162 valence electrons. The zero-order chi connectivity index (χ0) is 22.3. The summed E-state index contributed by atoms with van der Waals surface area (Å²) >= 11 is 0. The minimum Gasteiger partial charge on any atom is -0.458 e. The molecule has 1 fully saturated rings. The van der Waals surface area contributed by atoms with E-state index in [0.29, 0.717) is 11.3 Å². The van der Waals surface area contributed by atoms with Gasteiger partial charge >= 0.3 is 5.97 Å². The van der Waals surface area contributed by atoms with E-state index < -0.39 is 29.9 Å². The number of carbonyl (C=O) groups is 3. The van der Waals surface area contributed by atoms with Gasteiger partial charge in [0.05, 0.1) is 11.3 Å². The van der Waals surface area contributed by atoms with Crippen LogP contribution < -0.4 is 4.90 Å². The highest BCUT2D eigenvalue weighted by Gasteiger charge is 2.61. The Labute approximate surface area is 178 Å². The second kappa shape index (κ2) is 7.76. The van der Waals surface area contributed by atoms with Crippen LogP contribution in [0, 0.1) is 17.6 Å². The van der Waals surface area contributed by atoms with E-state index in [2.05, 4.69) is 0 Å². The van der Waals surface area contributed by atoms with E-state index in [9.17, 15) is 23.2 Å². The first-order valence-corrected chi connectivity index (χ1v) is 10.1. The molecule has 0 unspecified atom stereocenters. The molecule has 2 aromatic carbocycles. The number of halogens is 2. The Hall–Kier alpha value is -3.29. The van der Waals surface area contributed by atoms with Crippen LogP contribution in [0.5, 0.6) is 0 Å². The molecule has 0 saturated carbocycles. The van der Waals surface area contributed by atoms with Gasteiger partial charge in [-0.3, -0.25) is 14.5 Å². The lowest BCUT2D eigenvalue weighted by Gasteiger charge is -2.48. The second-order valence-electron chi connectivity index (χ2n) is 8.16. The Morgan fingerprint density at radius 1 is 1.13 bits per heavy atom. The molecule has 2 amide bonds. The summed E-state index contributed by atoms with van der Waals surface area (Å²) in [7, 11) is 0. The highest BCUT2D eigenvalue weighted by atomic mass is 19.2. The summed E-state index contributed by atoms with van der Waals surface area (Å²) in [5, 5.41) is 0. The van der Waals surface area contributed by atoms with Gasteiger partial charge in [-0.15, -0.1) is 0 Å². The summed E-state index contributed by atoms with van der Waals surface area (Å²) in [5.41, 5.74) is -1.10. The quantitative estimate of drug-likeness (QED) is 0.682. The van der Waals surface area contributed by atoms with Crippen LogP contribution in [0.3, 0.4) is 0 Å². The van der Waals surface area contributed by atoms with Gasteiger partial charge in [-0.25, -0.2) is 13.6 Å². The molecule has 2 aliphatic rings. The molecule has 1 saturated heterocycles. The number of carbonyl (C=O) groups excluding carboxylic acids is 3. The Morgan fingerprint density at radius 3 is 2.61 bits per heavy atom. The summed E-state index contributed by atoms with van der Waals surface area (Å²) in [6.07, 6.45) is 0.114. The summed E-state index contributed by atoms with van der Waals surface area (Å²) < 4.78 is 33.0. The van der Waals surface area contributed by atoms with Crippen molar-refractivity contribution in [2.75, 3.05) is 11.4 Å². The number of hydrogen-bond donors (Lipinski definition) is 0. The lowest BCUT2D eigenvalue weighted by atomic mass is 9.95. The van der Waals surface area contributed by atoms with Gasteiger partial charge in [0.2, 0.25) is 11.6 Å². The van der Waals surface area contributed by atoms with Crippen molar-refractivity contribution >= 4 is 23.5 Å². The lowest BCUT2D eigenvalue weighted by molar-refractivity contribution is -0.159. The first kappa shape index (κ1) is 21.0. The van der Waals surface area contributed by atoms with E-state index in [4.69, 9.17) is 4.74 Å². The van der Waals surface area contributed by atoms with Crippen LogP contribution in [0.15, 0.2) is 42.5 Å². The number of ether oxygens (including phenoxy) is 1. The average Bonchev–Trinajstić information content (AvgIpc) is 3.10. The van der Waals surface area contributed by atoms with Gasteiger partial charge in [0, 0.05) is 24.9 Å². The fourth-order valence-electron chi connectivity index (χ4n) is 4.28. The molecule has 31 heavy (non-hydrogen) atoms. The molecular formula is C23H22F2N2O4. The number of benzene rings is 2. The molecular weight excluding hydrogens is 406 g/mol. The SMILES string of the molecule is CC(C)CN1C(=O)c2ccccc2N2C(=O)CC[C@@]12C(=O)OCc1cccc(F)c1F. The summed E-state index contributed by atoms with van der Waals surface area (Å²) in [6, 6.07) is 10.2. The predicted molar refractivity (Wildman–Crippen MR) is 108 cm³/mol. The van der Waals surface area contributed by atoms with Gasteiger partial charge in [0.1, 0.15) is 6.61 Å². The number of nitrogens with zero attached hydrogens (tertiary/aromatic N) is 2. The molecule has 0 spiro atoms. The highest BCUT2D eigenvalue weighted by Crippen LogP contribution is 2.45. The summed E-state index contributed by atoms with van der Waals surface area (Å²) in [4.78, 5) is 42.4. The fourth-order valence-corrected chi connectivity index (χ4v) is 4.28. The van der Waals surface area contributed by atoms with Gasteiger partial charge < -0.3 is 9.64 Å². The predicted octanol–water partition coefficient (Wildman–Crippen LogP) is 3.64. The van der Waals surface area contributed by atoms with E-state index >= 15 is 0 Å². The maximum Gasteiger partial charge on any atom is 0.354 e. The Balaban J connectivity index is 1.76. The minimum absolute atomic E-state index is 0.0112. The maximum atomic E-state index is 14.0. The van der Waals surface area contributed by atoms with Crippen LogP contribution in [-0.2, 0) is 20.9 Å². The second-order valence-corrected chi connectivity index (χ2v) is 8.16. The standard InChI is InChI=1S/C23H22F2N2O4/c1-14(2)12-26-21(29)16-7-3-4-9-18(16)27-19(28)10-11-23(26,27)22(30)31-13-15-6-5-8-17(24)20(15)25/h3-9,14H,10-13H2,1-2H3/t23-/m1/s1. The van der Waals surface area contributed by atoms with Crippen molar-refractivity contribution in [3.63, 3.8) is 0 Å². The van der Waals surface area contributed by atoms with Gasteiger partial charge in [-0.1, -0.05) is 38.1 Å². The van der Waals surface area contributed by atoms with Crippen molar-refractivity contribution < 1.29 is 27.9 Å². The Bertz CT molecular complexity index is 1070. The van der Waals surface area contributed by atoms with Crippen LogP contribution in [0.4, 0.5) is 14.5 Å². The molecule has 0 N–H and O–H groups in total. The molecule has 0 aromatic heterocycles. The smallest absolute Gasteiger partial charge is 0.354 e. The van der Waals surface area contributed by atoms with Gasteiger partial charge in [0.25, 0.3) is 5.91 Å². The third kappa shape index (κ3) is 3.26. The van der Waals surface area contributed by atoms with E-state index in [-0.39, 0.29) is 42.7 Å². The molecule has 1 atom stereocenters. The highest BCUT2D eigenvalue weighted by molar-refractivity contribution is 6.15. The van der Waals surface area contributed by atoms with Crippen molar-refractivity contribution in [1.29, 1.82) is 0 Å². The van der Waals surface area contributed by atoms with E-state index in [1.807, 2.05) is 13.8 Å². The van der Waals surface area contributed by atoms with Gasteiger partial charge in [0.15, 0.2) is 11.6 Å². The number of fused-ring (bicyclic) bond motifs is 3. The van der Waals surface area contributed by atoms with E-state index in [1.54, 1.807) is 24.3 Å². The van der Waals surface area contributed by atoms with Crippen molar-refractivity contribution in [2.24, 2.45) is 5.92 Å². The number of hydrogen-bond acceptors (Lipinski definition) is 4. The molecule has 0 aliphatic carbocycles. The molecule has 4 rings (SSSR count). The zero-order valence-corrected chi connectivity index (χ0v) is 17.2. The Morgan fingerprint density at radius 2 is 1.87 bits per heavy atom. The minimum atomic E-state index is -1.66. The van der Waals surface area contributed by atoms with Crippen molar-refractivity contribution in [3.05, 3.63) is 65.2 Å².